The van der Waals surface area contributed by atoms with Crippen LogP contribution in [-0.4, -0.2) is 19.0 Å². The second kappa shape index (κ2) is 3.31. The minimum absolute atomic E-state index is 0.316. The van der Waals surface area contributed by atoms with Gasteiger partial charge >= 0.3 is 11.9 Å². The Morgan fingerprint density at radius 3 is 2.59 bits per heavy atom. The standard InChI is InChI=1S/C13H8O4/c1-16-8-4-2-7-3-5-9-11(10(7)6-8)13(15)17-12(9)14/h2-6H,1H3. The summed E-state index contributed by atoms with van der Waals surface area (Å²) in [6, 6.07) is 8.76. The summed E-state index contributed by atoms with van der Waals surface area (Å²) in [7, 11) is 1.55. The van der Waals surface area contributed by atoms with E-state index in [-0.39, 0.29) is 0 Å². The summed E-state index contributed by atoms with van der Waals surface area (Å²) >= 11 is 0. The second-order valence-corrected chi connectivity index (χ2v) is 3.75. The number of rotatable bonds is 1. The number of ether oxygens (including phenoxy) is 2. The van der Waals surface area contributed by atoms with Crippen molar-refractivity contribution in [2.24, 2.45) is 0 Å². The van der Waals surface area contributed by atoms with Crippen molar-refractivity contribution >= 4 is 22.7 Å². The number of cyclic esters (lactones) is 2. The summed E-state index contributed by atoms with van der Waals surface area (Å²) in [6.45, 7) is 0. The number of methoxy groups -OCH3 is 1. The molecule has 0 spiro atoms. The number of benzene rings is 2. The monoisotopic (exact) mass is 228 g/mol. The van der Waals surface area contributed by atoms with E-state index in [1.54, 1.807) is 31.4 Å². The fraction of sp³-hybridized carbons (Fsp3) is 0.0769. The molecular weight excluding hydrogens is 220 g/mol. The van der Waals surface area contributed by atoms with Crippen molar-refractivity contribution in [1.29, 1.82) is 0 Å². The van der Waals surface area contributed by atoms with Crippen LogP contribution in [0.3, 0.4) is 0 Å². The lowest BCUT2D eigenvalue weighted by molar-refractivity contribution is 0.0444. The molecule has 4 nitrogen and oxygen atoms in total. The summed E-state index contributed by atoms with van der Waals surface area (Å²) in [5.41, 5.74) is 0.641. The van der Waals surface area contributed by atoms with E-state index in [1.165, 1.54) is 0 Å². The fourth-order valence-electron chi connectivity index (χ4n) is 2.01. The van der Waals surface area contributed by atoms with Crippen LogP contribution in [0.25, 0.3) is 10.8 Å². The van der Waals surface area contributed by atoms with E-state index in [1.807, 2.05) is 6.07 Å². The Bertz CT molecular complexity index is 658. The normalized spacial score (nSPS) is 13.7. The summed E-state index contributed by atoms with van der Waals surface area (Å²) < 4.78 is 9.70. The maximum absolute atomic E-state index is 11.6. The lowest BCUT2D eigenvalue weighted by Gasteiger charge is -2.04. The number of hydrogen-bond acceptors (Lipinski definition) is 4. The molecule has 1 aliphatic rings. The molecule has 1 aliphatic heterocycles. The van der Waals surface area contributed by atoms with E-state index in [4.69, 9.17) is 4.74 Å². The average Bonchev–Trinajstić information content (AvgIpc) is 2.64. The van der Waals surface area contributed by atoms with Gasteiger partial charge in [-0.2, -0.15) is 0 Å². The first kappa shape index (κ1) is 9.84. The number of carbonyl (C=O) groups is 2. The SMILES string of the molecule is COc1ccc2ccc3c(c2c1)C(=O)OC3=O. The van der Waals surface area contributed by atoms with Crippen molar-refractivity contribution in [3.63, 3.8) is 0 Å². The highest BCUT2D eigenvalue weighted by atomic mass is 16.6. The Morgan fingerprint density at radius 1 is 1.06 bits per heavy atom. The molecule has 0 bridgehead atoms. The molecule has 84 valence electrons. The molecule has 0 fully saturated rings. The van der Waals surface area contributed by atoms with Crippen LogP contribution in [0, 0.1) is 0 Å². The van der Waals surface area contributed by atoms with Crippen molar-refractivity contribution in [3.8, 4) is 5.75 Å². The maximum atomic E-state index is 11.6. The molecule has 2 aromatic carbocycles. The lowest BCUT2D eigenvalue weighted by Crippen LogP contribution is -1.97. The molecule has 0 aromatic heterocycles. The van der Waals surface area contributed by atoms with Gasteiger partial charge < -0.3 is 9.47 Å². The Labute approximate surface area is 96.8 Å². The molecule has 4 heteroatoms. The van der Waals surface area contributed by atoms with Crippen molar-refractivity contribution in [3.05, 3.63) is 41.5 Å². The first-order valence-electron chi connectivity index (χ1n) is 5.08. The van der Waals surface area contributed by atoms with Gasteiger partial charge in [-0.15, -0.1) is 0 Å². The van der Waals surface area contributed by atoms with Crippen LogP contribution in [-0.2, 0) is 4.74 Å². The molecule has 0 atom stereocenters. The van der Waals surface area contributed by atoms with Crippen LogP contribution in [0.4, 0.5) is 0 Å². The summed E-state index contributed by atoms with van der Waals surface area (Å²) in [5.74, 6) is -0.545. The minimum Gasteiger partial charge on any atom is -0.497 e. The zero-order valence-electron chi connectivity index (χ0n) is 9.02. The third-order valence-electron chi connectivity index (χ3n) is 2.84. The number of fused-ring (bicyclic) bond motifs is 3. The predicted octanol–water partition coefficient (Wildman–Crippen LogP) is 2.16. The average molecular weight is 228 g/mol. The van der Waals surface area contributed by atoms with Gasteiger partial charge in [-0.3, -0.25) is 0 Å². The molecule has 0 unspecified atom stereocenters. The smallest absolute Gasteiger partial charge is 0.347 e. The maximum Gasteiger partial charge on any atom is 0.347 e. The molecule has 0 saturated heterocycles. The van der Waals surface area contributed by atoms with Gasteiger partial charge in [0, 0.05) is 5.39 Å². The van der Waals surface area contributed by atoms with Gasteiger partial charge in [0.15, 0.2) is 0 Å². The van der Waals surface area contributed by atoms with E-state index in [2.05, 4.69) is 4.74 Å². The van der Waals surface area contributed by atoms with E-state index in [0.717, 1.165) is 5.39 Å². The van der Waals surface area contributed by atoms with Crippen LogP contribution in [0.15, 0.2) is 30.3 Å². The highest BCUT2D eigenvalue weighted by molar-refractivity contribution is 6.21. The summed E-state index contributed by atoms with van der Waals surface area (Å²) in [5, 5.41) is 1.55. The molecule has 17 heavy (non-hydrogen) atoms. The molecule has 2 aromatic rings. The van der Waals surface area contributed by atoms with Gasteiger partial charge in [0.2, 0.25) is 0 Å². The number of esters is 2. The molecule has 0 aliphatic carbocycles. The van der Waals surface area contributed by atoms with E-state index in [9.17, 15) is 9.59 Å². The van der Waals surface area contributed by atoms with Crippen molar-refractivity contribution < 1.29 is 19.1 Å². The Hall–Kier alpha value is -2.36. The largest absolute Gasteiger partial charge is 0.497 e. The summed E-state index contributed by atoms with van der Waals surface area (Å²) in [6.07, 6.45) is 0. The third kappa shape index (κ3) is 1.30. The van der Waals surface area contributed by atoms with Gasteiger partial charge in [-0.25, -0.2) is 9.59 Å². The number of carbonyl (C=O) groups excluding carboxylic acids is 2. The van der Waals surface area contributed by atoms with E-state index >= 15 is 0 Å². The first-order chi connectivity index (χ1) is 8.20. The molecule has 0 saturated carbocycles. The van der Waals surface area contributed by atoms with Crippen molar-refractivity contribution in [2.45, 2.75) is 0 Å². The van der Waals surface area contributed by atoms with Crippen LogP contribution in [0.2, 0.25) is 0 Å². The van der Waals surface area contributed by atoms with E-state index in [0.29, 0.717) is 22.3 Å². The van der Waals surface area contributed by atoms with Gasteiger partial charge in [0.05, 0.1) is 18.2 Å². The van der Waals surface area contributed by atoms with Gasteiger partial charge in [0.25, 0.3) is 0 Å². The zero-order valence-corrected chi connectivity index (χ0v) is 9.02. The van der Waals surface area contributed by atoms with Gasteiger partial charge in [0.1, 0.15) is 5.75 Å². The molecule has 3 rings (SSSR count). The number of hydrogen-bond donors (Lipinski definition) is 0. The highest BCUT2D eigenvalue weighted by Gasteiger charge is 2.31. The molecule has 0 N–H and O–H groups in total. The molecule has 1 heterocycles. The Kier molecular flexibility index (Phi) is 1.92. The van der Waals surface area contributed by atoms with Crippen molar-refractivity contribution in [2.75, 3.05) is 7.11 Å². The minimum atomic E-state index is -0.594. The molecule has 0 radical (unpaired) electrons. The van der Waals surface area contributed by atoms with Crippen molar-refractivity contribution in [1.82, 2.24) is 0 Å². The van der Waals surface area contributed by atoms with E-state index < -0.39 is 11.9 Å². The highest BCUT2D eigenvalue weighted by Crippen LogP contribution is 2.30. The van der Waals surface area contributed by atoms with Gasteiger partial charge in [-0.05, 0) is 23.6 Å². The fourth-order valence-corrected chi connectivity index (χ4v) is 2.01. The van der Waals surface area contributed by atoms with Crippen LogP contribution < -0.4 is 4.74 Å². The third-order valence-corrected chi connectivity index (χ3v) is 2.84. The van der Waals surface area contributed by atoms with Crippen LogP contribution in [0.1, 0.15) is 20.7 Å². The quantitative estimate of drug-likeness (QED) is 0.554. The molecule has 0 amide bonds. The topological polar surface area (TPSA) is 52.6 Å². The van der Waals surface area contributed by atoms with Crippen LogP contribution >= 0.6 is 0 Å². The van der Waals surface area contributed by atoms with Gasteiger partial charge in [-0.1, -0.05) is 12.1 Å². The van der Waals surface area contributed by atoms with Crippen LogP contribution in [0.5, 0.6) is 5.75 Å². The Balaban J connectivity index is 2.40. The first-order valence-corrected chi connectivity index (χ1v) is 5.08. The predicted molar refractivity (Wildman–Crippen MR) is 60.2 cm³/mol. The zero-order chi connectivity index (χ0) is 12.0. The Morgan fingerprint density at radius 2 is 1.82 bits per heavy atom. The lowest BCUT2D eigenvalue weighted by atomic mass is 10.0. The molecular formula is C13H8O4. The summed E-state index contributed by atoms with van der Waals surface area (Å²) in [4.78, 5) is 23.0. The second-order valence-electron chi connectivity index (χ2n) is 3.75.